The van der Waals surface area contributed by atoms with Gasteiger partial charge in [-0.3, -0.25) is 4.79 Å². The summed E-state index contributed by atoms with van der Waals surface area (Å²) in [4.78, 5) is 11.8. The van der Waals surface area contributed by atoms with Crippen molar-refractivity contribution in [1.82, 2.24) is 0 Å². The van der Waals surface area contributed by atoms with Gasteiger partial charge >= 0.3 is 0 Å². The van der Waals surface area contributed by atoms with Crippen LogP contribution in [0.5, 0.6) is 0 Å². The highest BCUT2D eigenvalue weighted by Crippen LogP contribution is 2.40. The number of carbonyl (C=O) groups excluding carboxylic acids is 1. The molecule has 1 N–H and O–H groups in total. The van der Waals surface area contributed by atoms with Gasteiger partial charge in [0.15, 0.2) is 5.78 Å². The molecule has 1 aliphatic rings. The van der Waals surface area contributed by atoms with Crippen LogP contribution in [0.1, 0.15) is 95.4 Å². The number of hydrogen-bond acceptors (Lipinski definition) is 2. The van der Waals surface area contributed by atoms with E-state index < -0.39 is 5.60 Å². The predicted octanol–water partition coefficient (Wildman–Crippen LogP) is 12.4. The minimum Gasteiger partial charge on any atom is -0.382 e. The minimum absolute atomic E-state index is 0.274. The highest BCUT2D eigenvalue weighted by molar-refractivity contribution is 5.96. The summed E-state index contributed by atoms with van der Waals surface area (Å²) in [6, 6.07) is 0. The van der Waals surface area contributed by atoms with Crippen molar-refractivity contribution in [3.8, 4) is 0 Å². The van der Waals surface area contributed by atoms with Crippen molar-refractivity contribution in [3.05, 3.63) is 166 Å². The number of carbonyl (C=O) groups is 1. The molecule has 0 unspecified atom stereocenters. The lowest BCUT2D eigenvalue weighted by Crippen LogP contribution is -2.29. The van der Waals surface area contributed by atoms with Crippen LogP contribution >= 0.6 is 0 Å². The Hall–Kier alpha value is -4.01. The molecular weight excluding hydrogens is 572 g/mol. The number of hydrogen-bond donors (Lipinski definition) is 1. The Labute approximate surface area is 287 Å². The third-order valence-corrected chi connectivity index (χ3v) is 7.86. The van der Waals surface area contributed by atoms with E-state index in [-0.39, 0.29) is 11.2 Å². The summed E-state index contributed by atoms with van der Waals surface area (Å²) in [5.41, 5.74) is 8.80. The van der Waals surface area contributed by atoms with Crippen LogP contribution in [0, 0.1) is 5.41 Å². The molecule has 0 heterocycles. The standard InChI is InChI=1S/C45H60O2/c1-35(19-12-13-20-36(2)22-16-27-39(5)30-32-42-41(7)29-18-34-44(42,8)9)21-14-23-37(3)24-15-25-38(4)26-17-28-40(6)31-33-43(46)45(10,11)47/h12-17,19-28,30-33,47H,18,29,34H2,1-11H3/b13-12+,21-14+,22-16+,24-15+,26-17+,32-30+,33-31+,35-19+,36-20+,37-23+,38-25+,39-27+,40-28+. The molecule has 0 radical (unpaired) electrons. The second-order valence-corrected chi connectivity index (χ2v) is 13.8. The molecule has 0 spiro atoms. The number of ketones is 1. The van der Waals surface area contributed by atoms with Crippen molar-refractivity contribution in [2.24, 2.45) is 5.41 Å². The Morgan fingerprint density at radius 2 is 0.957 bits per heavy atom. The van der Waals surface area contributed by atoms with Gasteiger partial charge in [0.2, 0.25) is 0 Å². The Bertz CT molecular complexity index is 1500. The molecule has 0 aromatic heterocycles. The number of allylic oxidation sites excluding steroid dienone is 27. The smallest absolute Gasteiger partial charge is 0.186 e. The van der Waals surface area contributed by atoms with Crippen molar-refractivity contribution in [2.45, 2.75) is 101 Å². The summed E-state index contributed by atoms with van der Waals surface area (Å²) < 4.78 is 0. The summed E-state index contributed by atoms with van der Waals surface area (Å²) in [5, 5.41) is 9.71. The fraction of sp³-hybridized carbons (Fsp3) is 0.356. The normalized spacial score (nSPS) is 18.7. The zero-order valence-corrected chi connectivity index (χ0v) is 31.0. The van der Waals surface area contributed by atoms with Crippen LogP contribution in [-0.4, -0.2) is 16.5 Å². The molecule has 0 aromatic rings. The van der Waals surface area contributed by atoms with Gasteiger partial charge < -0.3 is 5.11 Å². The minimum atomic E-state index is -1.34. The SMILES string of the molecule is CC1=C(/C=C/C(C)=C/C=C/C(C)=C/C=C/C=C(C)/C=C/C=C(C)/C=C/C=C(C)/C=C/C=C(C)/C=C/C(=O)C(C)(C)O)C(C)(C)CCC1. The lowest BCUT2D eigenvalue weighted by molar-refractivity contribution is -0.128. The van der Waals surface area contributed by atoms with Gasteiger partial charge in [-0.05, 0) is 98.6 Å². The van der Waals surface area contributed by atoms with Crippen LogP contribution in [0.2, 0.25) is 0 Å². The summed E-state index contributed by atoms with van der Waals surface area (Å²) in [7, 11) is 0. The first kappa shape index (κ1) is 41.0. The van der Waals surface area contributed by atoms with Gasteiger partial charge in [-0.25, -0.2) is 0 Å². The first-order valence-corrected chi connectivity index (χ1v) is 16.8. The first-order chi connectivity index (χ1) is 22.0. The Morgan fingerprint density at radius 3 is 1.34 bits per heavy atom. The Kier molecular flexibility index (Phi) is 18.3. The fourth-order valence-electron chi connectivity index (χ4n) is 4.79. The molecule has 252 valence electrons. The van der Waals surface area contributed by atoms with Crippen molar-refractivity contribution >= 4 is 5.78 Å². The van der Waals surface area contributed by atoms with Crippen LogP contribution < -0.4 is 0 Å². The number of aliphatic hydroxyl groups is 1. The molecule has 0 aromatic carbocycles. The highest BCUT2D eigenvalue weighted by Gasteiger charge is 2.26. The molecule has 1 rings (SSSR count). The predicted molar refractivity (Wildman–Crippen MR) is 208 cm³/mol. The molecule has 0 saturated heterocycles. The van der Waals surface area contributed by atoms with E-state index in [1.54, 1.807) is 6.08 Å². The lowest BCUT2D eigenvalue weighted by Gasteiger charge is -2.32. The van der Waals surface area contributed by atoms with Gasteiger partial charge in [-0.2, -0.15) is 0 Å². The second-order valence-electron chi connectivity index (χ2n) is 13.8. The average molecular weight is 633 g/mol. The topological polar surface area (TPSA) is 37.3 Å². The van der Waals surface area contributed by atoms with E-state index in [4.69, 9.17) is 0 Å². The zero-order valence-electron chi connectivity index (χ0n) is 31.0. The van der Waals surface area contributed by atoms with Crippen LogP contribution in [0.15, 0.2) is 166 Å². The molecule has 0 saturated carbocycles. The van der Waals surface area contributed by atoms with Crippen molar-refractivity contribution in [1.29, 1.82) is 0 Å². The van der Waals surface area contributed by atoms with Crippen LogP contribution in [-0.2, 0) is 4.79 Å². The van der Waals surface area contributed by atoms with E-state index in [2.05, 4.69) is 134 Å². The Morgan fingerprint density at radius 1 is 0.596 bits per heavy atom. The Balaban J connectivity index is 2.61. The monoisotopic (exact) mass is 632 g/mol. The van der Waals surface area contributed by atoms with Crippen LogP contribution in [0.4, 0.5) is 0 Å². The van der Waals surface area contributed by atoms with Gasteiger partial charge in [0.25, 0.3) is 0 Å². The molecule has 0 amide bonds. The van der Waals surface area contributed by atoms with Crippen molar-refractivity contribution < 1.29 is 9.90 Å². The summed E-state index contributed by atoms with van der Waals surface area (Å²) in [5.74, 6) is -0.312. The fourth-order valence-corrected chi connectivity index (χ4v) is 4.79. The molecular formula is C45H60O2. The van der Waals surface area contributed by atoms with E-state index in [0.717, 1.165) is 16.7 Å². The summed E-state index contributed by atoms with van der Waals surface area (Å²) in [6.07, 6.45) is 44.6. The second kappa shape index (κ2) is 21.0. The lowest BCUT2D eigenvalue weighted by atomic mass is 9.72. The third-order valence-electron chi connectivity index (χ3n) is 7.86. The molecule has 1 aliphatic carbocycles. The summed E-state index contributed by atoms with van der Waals surface area (Å²) >= 11 is 0. The maximum absolute atomic E-state index is 11.8. The first-order valence-electron chi connectivity index (χ1n) is 16.8. The van der Waals surface area contributed by atoms with Crippen molar-refractivity contribution in [3.63, 3.8) is 0 Å². The van der Waals surface area contributed by atoms with E-state index in [1.807, 2.05) is 38.2 Å². The maximum atomic E-state index is 11.8. The van der Waals surface area contributed by atoms with Gasteiger partial charge in [-0.15, -0.1) is 0 Å². The quantitative estimate of drug-likeness (QED) is 0.144. The molecule has 2 nitrogen and oxygen atoms in total. The van der Waals surface area contributed by atoms with E-state index in [9.17, 15) is 9.90 Å². The van der Waals surface area contributed by atoms with Gasteiger partial charge in [0.05, 0.1) is 0 Å². The van der Waals surface area contributed by atoms with Gasteiger partial charge in [-0.1, -0.05) is 168 Å². The molecule has 47 heavy (non-hydrogen) atoms. The van der Waals surface area contributed by atoms with Crippen molar-refractivity contribution in [2.75, 3.05) is 0 Å². The zero-order chi connectivity index (χ0) is 35.5. The molecule has 0 fully saturated rings. The highest BCUT2D eigenvalue weighted by atomic mass is 16.3. The number of rotatable bonds is 15. The van der Waals surface area contributed by atoms with Crippen LogP contribution in [0.25, 0.3) is 0 Å². The van der Waals surface area contributed by atoms with Gasteiger partial charge in [0.1, 0.15) is 5.60 Å². The van der Waals surface area contributed by atoms with Crippen LogP contribution in [0.3, 0.4) is 0 Å². The van der Waals surface area contributed by atoms with E-state index in [1.165, 1.54) is 67.1 Å². The van der Waals surface area contributed by atoms with Gasteiger partial charge in [0, 0.05) is 0 Å². The average Bonchev–Trinajstić information content (AvgIpc) is 2.97. The largest absolute Gasteiger partial charge is 0.382 e. The summed E-state index contributed by atoms with van der Waals surface area (Å²) in [6.45, 7) is 22.4. The molecule has 0 aliphatic heterocycles. The van der Waals surface area contributed by atoms with E-state index >= 15 is 0 Å². The van der Waals surface area contributed by atoms with E-state index in [0.29, 0.717) is 0 Å². The third kappa shape index (κ3) is 18.7. The molecule has 2 heteroatoms. The maximum Gasteiger partial charge on any atom is 0.186 e. The molecule has 0 bridgehead atoms. The molecule has 0 atom stereocenters.